The molecule has 0 unspecified atom stereocenters. The zero-order chi connectivity index (χ0) is 17.3. The van der Waals surface area contributed by atoms with Crippen LogP contribution in [0.4, 0.5) is 0 Å². The lowest BCUT2D eigenvalue weighted by Crippen LogP contribution is -2.18. The Morgan fingerprint density at radius 3 is 2.54 bits per heavy atom. The van der Waals surface area contributed by atoms with E-state index in [1.165, 1.54) is 0 Å². The van der Waals surface area contributed by atoms with Crippen LogP contribution in [-0.2, 0) is 17.8 Å². The highest BCUT2D eigenvalue weighted by molar-refractivity contribution is 5.82. The molecule has 0 fully saturated rings. The van der Waals surface area contributed by atoms with Crippen LogP contribution in [-0.4, -0.2) is 15.6 Å². The average molecular weight is 321 g/mol. The number of fused-ring (bicyclic) bond motifs is 1. The third-order valence-corrected chi connectivity index (χ3v) is 4.09. The summed E-state index contributed by atoms with van der Waals surface area (Å²) < 4.78 is 1.64. The minimum absolute atomic E-state index is 0.0307. The van der Waals surface area contributed by atoms with Gasteiger partial charge in [0.25, 0.3) is 0 Å². The highest BCUT2D eigenvalue weighted by Gasteiger charge is 2.12. The molecule has 2 aromatic carbocycles. The van der Waals surface area contributed by atoms with Gasteiger partial charge < -0.3 is 9.67 Å². The van der Waals surface area contributed by atoms with Crippen LogP contribution in [0.2, 0.25) is 0 Å². The Bertz CT molecular complexity index is 986. The molecule has 0 spiro atoms. The Hall–Kier alpha value is -2.88. The van der Waals surface area contributed by atoms with Crippen molar-refractivity contribution in [2.75, 3.05) is 0 Å². The average Bonchev–Trinajstić information content (AvgIpc) is 2.51. The lowest BCUT2D eigenvalue weighted by molar-refractivity contribution is -0.137. The van der Waals surface area contributed by atoms with Gasteiger partial charge >= 0.3 is 5.97 Å². The molecule has 1 aromatic heterocycles. The number of aliphatic carboxylic acids is 1. The summed E-state index contributed by atoms with van der Waals surface area (Å²) in [6, 6.07) is 13.5. The van der Waals surface area contributed by atoms with Gasteiger partial charge in [-0.25, -0.2) is 0 Å². The van der Waals surface area contributed by atoms with Gasteiger partial charge in [-0.2, -0.15) is 0 Å². The second-order valence-electron chi connectivity index (χ2n) is 6.19. The van der Waals surface area contributed by atoms with Gasteiger partial charge in [0.05, 0.1) is 5.52 Å². The Morgan fingerprint density at radius 1 is 1.08 bits per heavy atom. The fraction of sp³-hybridized carbons (Fsp3) is 0.200. The highest BCUT2D eigenvalue weighted by atomic mass is 16.4. The number of carboxylic acids is 1. The van der Waals surface area contributed by atoms with Crippen molar-refractivity contribution in [3.05, 3.63) is 81.1 Å². The van der Waals surface area contributed by atoms with E-state index in [4.69, 9.17) is 5.11 Å². The van der Waals surface area contributed by atoms with Gasteiger partial charge in [-0.3, -0.25) is 9.59 Å². The molecule has 0 amide bonds. The number of carboxylic acid groups (broad SMARTS) is 1. The van der Waals surface area contributed by atoms with E-state index in [0.29, 0.717) is 22.9 Å². The zero-order valence-electron chi connectivity index (χ0n) is 13.7. The monoisotopic (exact) mass is 321 g/mol. The molecule has 0 radical (unpaired) electrons. The lowest BCUT2D eigenvalue weighted by Gasteiger charge is -2.12. The molecule has 0 saturated heterocycles. The molecule has 0 aliphatic rings. The Balaban J connectivity index is 2.18. The largest absolute Gasteiger partial charge is 0.480 e. The zero-order valence-corrected chi connectivity index (χ0v) is 13.7. The maximum Gasteiger partial charge on any atom is 0.323 e. The van der Waals surface area contributed by atoms with Crippen molar-refractivity contribution < 1.29 is 9.90 Å². The fourth-order valence-corrected chi connectivity index (χ4v) is 3.02. The fourth-order valence-electron chi connectivity index (χ4n) is 3.02. The number of benzene rings is 2. The smallest absolute Gasteiger partial charge is 0.323 e. The first-order valence-electron chi connectivity index (χ1n) is 7.84. The molecule has 0 saturated carbocycles. The number of carbonyl (C=O) groups is 1. The molecule has 4 nitrogen and oxygen atoms in total. The van der Waals surface area contributed by atoms with Crippen LogP contribution < -0.4 is 5.43 Å². The van der Waals surface area contributed by atoms with E-state index in [2.05, 4.69) is 0 Å². The predicted molar refractivity (Wildman–Crippen MR) is 94.6 cm³/mol. The maximum absolute atomic E-state index is 12.8. The molecule has 3 aromatic rings. The van der Waals surface area contributed by atoms with Crippen molar-refractivity contribution in [1.82, 2.24) is 4.57 Å². The van der Waals surface area contributed by atoms with Crippen molar-refractivity contribution >= 4 is 16.9 Å². The molecule has 24 heavy (non-hydrogen) atoms. The van der Waals surface area contributed by atoms with E-state index >= 15 is 0 Å². The van der Waals surface area contributed by atoms with Crippen molar-refractivity contribution in [3.8, 4) is 0 Å². The molecule has 0 bridgehead atoms. The second kappa shape index (κ2) is 6.32. The van der Waals surface area contributed by atoms with Crippen molar-refractivity contribution in [3.63, 3.8) is 0 Å². The normalized spacial score (nSPS) is 10.9. The highest BCUT2D eigenvalue weighted by Crippen LogP contribution is 2.16. The summed E-state index contributed by atoms with van der Waals surface area (Å²) in [7, 11) is 0. The number of aryl methyl sites for hydroxylation is 2. The molecule has 122 valence electrons. The van der Waals surface area contributed by atoms with Crippen LogP contribution in [0.3, 0.4) is 0 Å². The lowest BCUT2D eigenvalue weighted by atomic mass is 10.0. The standard InChI is InChI=1S/C20H19NO3/c1-13-4-3-5-15(8-13)10-16-11-21(12-19(22)23)18-7-6-14(2)9-17(18)20(16)24/h3-9,11H,10,12H2,1-2H3,(H,22,23). The van der Waals surface area contributed by atoms with Gasteiger partial charge in [0, 0.05) is 23.6 Å². The van der Waals surface area contributed by atoms with E-state index in [-0.39, 0.29) is 12.0 Å². The molecular weight excluding hydrogens is 302 g/mol. The van der Waals surface area contributed by atoms with E-state index in [1.54, 1.807) is 10.8 Å². The summed E-state index contributed by atoms with van der Waals surface area (Å²) in [4.78, 5) is 24.0. The Morgan fingerprint density at radius 2 is 1.83 bits per heavy atom. The van der Waals surface area contributed by atoms with E-state index in [1.807, 2.05) is 56.3 Å². The number of hydrogen-bond donors (Lipinski definition) is 1. The van der Waals surface area contributed by atoms with E-state index in [9.17, 15) is 9.59 Å². The SMILES string of the molecule is Cc1cccc(Cc2cn(CC(=O)O)c3ccc(C)cc3c2=O)c1. The number of nitrogens with zero attached hydrogens (tertiary/aromatic N) is 1. The van der Waals surface area contributed by atoms with Crippen LogP contribution in [0.1, 0.15) is 22.3 Å². The molecule has 0 aliphatic carbocycles. The molecule has 1 N–H and O–H groups in total. The molecular formula is C20H19NO3. The third-order valence-electron chi connectivity index (χ3n) is 4.09. The van der Waals surface area contributed by atoms with Gasteiger partial charge in [0.2, 0.25) is 0 Å². The molecule has 0 aliphatic heterocycles. The Labute approximate surface area is 140 Å². The number of rotatable bonds is 4. The van der Waals surface area contributed by atoms with Crippen molar-refractivity contribution in [2.45, 2.75) is 26.8 Å². The van der Waals surface area contributed by atoms with Crippen molar-refractivity contribution in [1.29, 1.82) is 0 Å². The maximum atomic E-state index is 12.8. The van der Waals surface area contributed by atoms with E-state index in [0.717, 1.165) is 16.7 Å². The summed E-state index contributed by atoms with van der Waals surface area (Å²) in [5, 5.41) is 9.74. The predicted octanol–water partition coefficient (Wildman–Crippen LogP) is 3.29. The summed E-state index contributed by atoms with van der Waals surface area (Å²) in [6.45, 7) is 3.77. The molecule has 3 rings (SSSR count). The van der Waals surface area contributed by atoms with Gasteiger partial charge in [0.1, 0.15) is 6.54 Å². The van der Waals surface area contributed by atoms with Crippen LogP contribution in [0.25, 0.3) is 10.9 Å². The summed E-state index contributed by atoms with van der Waals surface area (Å²) in [6.07, 6.45) is 2.17. The first-order valence-corrected chi connectivity index (χ1v) is 7.84. The first kappa shape index (κ1) is 16.0. The summed E-state index contributed by atoms with van der Waals surface area (Å²) in [5.74, 6) is -0.929. The quantitative estimate of drug-likeness (QED) is 0.802. The third kappa shape index (κ3) is 3.23. The van der Waals surface area contributed by atoms with Crippen LogP contribution in [0.5, 0.6) is 0 Å². The molecule has 4 heteroatoms. The Kier molecular flexibility index (Phi) is 4.21. The van der Waals surface area contributed by atoms with Crippen LogP contribution in [0, 0.1) is 13.8 Å². The number of pyridine rings is 1. The van der Waals surface area contributed by atoms with Crippen molar-refractivity contribution in [2.24, 2.45) is 0 Å². The van der Waals surface area contributed by atoms with Gasteiger partial charge in [-0.15, -0.1) is 0 Å². The summed E-state index contributed by atoms with van der Waals surface area (Å²) in [5.41, 5.74) is 4.39. The van der Waals surface area contributed by atoms with Gasteiger partial charge in [-0.1, -0.05) is 41.5 Å². The van der Waals surface area contributed by atoms with E-state index < -0.39 is 5.97 Å². The van der Waals surface area contributed by atoms with Crippen LogP contribution in [0.15, 0.2) is 53.5 Å². The number of hydrogen-bond acceptors (Lipinski definition) is 2. The topological polar surface area (TPSA) is 59.3 Å². The minimum Gasteiger partial charge on any atom is -0.480 e. The summed E-state index contributed by atoms with van der Waals surface area (Å²) >= 11 is 0. The first-order chi connectivity index (χ1) is 11.4. The van der Waals surface area contributed by atoms with Gasteiger partial charge in [-0.05, 0) is 31.5 Å². The van der Waals surface area contributed by atoms with Gasteiger partial charge in [0.15, 0.2) is 5.43 Å². The second-order valence-corrected chi connectivity index (χ2v) is 6.19. The number of aromatic nitrogens is 1. The molecule has 1 heterocycles. The molecule has 0 atom stereocenters. The minimum atomic E-state index is -0.929. The van der Waals surface area contributed by atoms with Crippen LogP contribution >= 0.6 is 0 Å².